The third-order valence-electron chi connectivity index (χ3n) is 4.39. The Hall–Kier alpha value is -2.94. The normalized spacial score (nSPS) is 10.9. The summed E-state index contributed by atoms with van der Waals surface area (Å²) in [6.45, 7) is 7.75. The molecule has 140 valence electrons. The second-order valence-electron chi connectivity index (χ2n) is 6.71. The molecular weight excluding hydrogens is 332 g/mol. The maximum atomic E-state index is 10.9. The Labute approximate surface area is 162 Å². The van der Waals surface area contributed by atoms with Gasteiger partial charge < -0.3 is 0 Å². The molecule has 27 heavy (non-hydrogen) atoms. The minimum atomic E-state index is 0.0979. The Morgan fingerprint density at radius 2 is 1.70 bits per heavy atom. The molecule has 1 heterocycles. The molecule has 0 saturated heterocycles. The number of aromatic nitrogens is 2. The van der Waals surface area contributed by atoms with E-state index < -0.39 is 0 Å². The monoisotopic (exact) mass is 360 g/mol. The standard InChI is InChI=1S/C12H14N2.C12H14O/c1-3-10-4-6-11(7-5-10)12-8-13-14(2)9-12;1-9-6-4-5-7-12(9)10(2)8-11(3)13/h4-9H,3H2,1-2H3;4-8H,1-3H3/b;10-8-. The van der Waals surface area contributed by atoms with Crippen molar-refractivity contribution in [1.29, 1.82) is 0 Å². The molecule has 2 aromatic carbocycles. The summed E-state index contributed by atoms with van der Waals surface area (Å²) < 4.78 is 1.82. The van der Waals surface area contributed by atoms with Gasteiger partial charge in [-0.3, -0.25) is 9.48 Å². The molecule has 0 saturated carbocycles. The highest BCUT2D eigenvalue weighted by Crippen LogP contribution is 2.19. The van der Waals surface area contributed by atoms with Gasteiger partial charge in [0.1, 0.15) is 0 Å². The van der Waals surface area contributed by atoms with Crippen molar-refractivity contribution in [2.24, 2.45) is 7.05 Å². The number of aryl methyl sites for hydroxylation is 3. The van der Waals surface area contributed by atoms with Crippen LogP contribution in [0, 0.1) is 6.92 Å². The SMILES string of the molecule is CC(=O)/C=C(/C)c1ccccc1C.CCc1ccc(-c2cnn(C)c2)cc1. The van der Waals surface area contributed by atoms with E-state index in [0.29, 0.717) is 0 Å². The number of nitrogens with zero attached hydrogens (tertiary/aromatic N) is 2. The van der Waals surface area contributed by atoms with Crippen LogP contribution in [-0.4, -0.2) is 15.6 Å². The van der Waals surface area contributed by atoms with Crippen LogP contribution in [0.15, 0.2) is 67.0 Å². The minimum absolute atomic E-state index is 0.0979. The molecule has 3 rings (SSSR count). The quantitative estimate of drug-likeness (QED) is 0.565. The summed E-state index contributed by atoms with van der Waals surface area (Å²) in [7, 11) is 1.93. The van der Waals surface area contributed by atoms with Gasteiger partial charge in [-0.25, -0.2) is 0 Å². The predicted octanol–water partition coefficient (Wildman–Crippen LogP) is 5.64. The van der Waals surface area contributed by atoms with Crippen molar-refractivity contribution >= 4 is 11.4 Å². The number of allylic oxidation sites excluding steroid dienone is 2. The molecule has 0 N–H and O–H groups in total. The zero-order valence-corrected chi connectivity index (χ0v) is 16.9. The van der Waals surface area contributed by atoms with E-state index in [1.807, 2.05) is 62.2 Å². The Balaban J connectivity index is 0.000000194. The van der Waals surface area contributed by atoms with Crippen molar-refractivity contribution in [3.63, 3.8) is 0 Å². The van der Waals surface area contributed by atoms with Crippen LogP contribution in [0.25, 0.3) is 16.7 Å². The first-order chi connectivity index (χ1) is 12.9. The van der Waals surface area contributed by atoms with E-state index in [1.54, 1.807) is 13.0 Å². The number of hydrogen-bond donors (Lipinski definition) is 0. The van der Waals surface area contributed by atoms with E-state index in [0.717, 1.165) is 17.6 Å². The van der Waals surface area contributed by atoms with Crippen LogP contribution in [0.4, 0.5) is 0 Å². The molecule has 0 spiro atoms. The van der Waals surface area contributed by atoms with Gasteiger partial charge in [0, 0.05) is 18.8 Å². The first-order valence-corrected chi connectivity index (χ1v) is 9.23. The summed E-state index contributed by atoms with van der Waals surface area (Å²) in [5.41, 5.74) is 7.17. The maximum absolute atomic E-state index is 10.9. The summed E-state index contributed by atoms with van der Waals surface area (Å²) in [5, 5.41) is 4.15. The molecule has 0 radical (unpaired) electrons. The van der Waals surface area contributed by atoms with Crippen LogP contribution in [0.5, 0.6) is 0 Å². The smallest absolute Gasteiger partial charge is 0.152 e. The largest absolute Gasteiger partial charge is 0.295 e. The molecule has 0 bridgehead atoms. The molecule has 3 heteroatoms. The van der Waals surface area contributed by atoms with E-state index in [2.05, 4.69) is 36.3 Å². The summed E-state index contributed by atoms with van der Waals surface area (Å²) in [4.78, 5) is 10.9. The van der Waals surface area contributed by atoms with Gasteiger partial charge in [0.15, 0.2) is 5.78 Å². The predicted molar refractivity (Wildman–Crippen MR) is 114 cm³/mol. The molecular formula is C24H28N2O. The molecule has 0 atom stereocenters. The molecule has 1 aromatic heterocycles. The molecule has 0 aliphatic heterocycles. The maximum Gasteiger partial charge on any atom is 0.152 e. The first kappa shape index (κ1) is 20.4. The van der Waals surface area contributed by atoms with E-state index >= 15 is 0 Å². The van der Waals surface area contributed by atoms with Crippen LogP contribution < -0.4 is 0 Å². The molecule has 0 aliphatic rings. The number of carbonyl (C=O) groups excluding carboxylic acids is 1. The first-order valence-electron chi connectivity index (χ1n) is 9.23. The lowest BCUT2D eigenvalue weighted by molar-refractivity contribution is -0.112. The van der Waals surface area contributed by atoms with E-state index in [-0.39, 0.29) is 5.78 Å². The summed E-state index contributed by atoms with van der Waals surface area (Å²) in [5.74, 6) is 0.0979. The van der Waals surface area contributed by atoms with Gasteiger partial charge in [0.2, 0.25) is 0 Å². The van der Waals surface area contributed by atoms with Gasteiger partial charge in [-0.2, -0.15) is 5.10 Å². The van der Waals surface area contributed by atoms with Gasteiger partial charge in [-0.1, -0.05) is 55.5 Å². The van der Waals surface area contributed by atoms with E-state index in [9.17, 15) is 4.79 Å². The third kappa shape index (κ3) is 6.07. The highest BCUT2D eigenvalue weighted by atomic mass is 16.1. The van der Waals surface area contributed by atoms with Crippen molar-refractivity contribution < 1.29 is 4.79 Å². The zero-order valence-electron chi connectivity index (χ0n) is 16.9. The van der Waals surface area contributed by atoms with Gasteiger partial charge >= 0.3 is 0 Å². The third-order valence-corrected chi connectivity index (χ3v) is 4.39. The van der Waals surface area contributed by atoms with E-state index in [4.69, 9.17) is 0 Å². The number of hydrogen-bond acceptors (Lipinski definition) is 2. The average Bonchev–Trinajstić information content (AvgIpc) is 3.08. The lowest BCUT2D eigenvalue weighted by Crippen LogP contribution is -1.88. The van der Waals surface area contributed by atoms with Gasteiger partial charge in [0.05, 0.1) is 6.20 Å². The molecule has 0 fully saturated rings. The van der Waals surface area contributed by atoms with Gasteiger partial charge in [0.25, 0.3) is 0 Å². The minimum Gasteiger partial charge on any atom is -0.295 e. The molecule has 3 nitrogen and oxygen atoms in total. The van der Waals surface area contributed by atoms with Crippen molar-refractivity contribution in [2.45, 2.75) is 34.1 Å². The second kappa shape index (κ2) is 9.67. The van der Waals surface area contributed by atoms with Crippen LogP contribution in [0.1, 0.15) is 37.5 Å². The summed E-state index contributed by atoms with van der Waals surface area (Å²) >= 11 is 0. The molecule has 0 unspecified atom stereocenters. The fourth-order valence-corrected chi connectivity index (χ4v) is 2.90. The van der Waals surface area contributed by atoms with Crippen molar-refractivity contribution in [3.05, 3.63) is 83.7 Å². The molecule has 3 aromatic rings. The fraction of sp³-hybridized carbons (Fsp3) is 0.250. The van der Waals surface area contributed by atoms with Gasteiger partial charge in [-0.15, -0.1) is 0 Å². The Morgan fingerprint density at radius 3 is 2.22 bits per heavy atom. The second-order valence-corrected chi connectivity index (χ2v) is 6.71. The number of rotatable bonds is 4. The molecule has 0 amide bonds. The number of benzene rings is 2. The Kier molecular flexibility index (Phi) is 7.30. The number of ketones is 1. The Morgan fingerprint density at radius 1 is 1.04 bits per heavy atom. The van der Waals surface area contributed by atoms with E-state index in [1.165, 1.54) is 22.3 Å². The topological polar surface area (TPSA) is 34.9 Å². The van der Waals surface area contributed by atoms with Crippen molar-refractivity contribution in [2.75, 3.05) is 0 Å². The molecule has 0 aliphatic carbocycles. The fourth-order valence-electron chi connectivity index (χ4n) is 2.90. The summed E-state index contributed by atoms with van der Waals surface area (Å²) in [6.07, 6.45) is 6.68. The van der Waals surface area contributed by atoms with Crippen molar-refractivity contribution in [3.8, 4) is 11.1 Å². The van der Waals surface area contributed by atoms with Crippen LogP contribution in [-0.2, 0) is 18.3 Å². The van der Waals surface area contributed by atoms with Gasteiger partial charge in [-0.05, 0) is 61.1 Å². The van der Waals surface area contributed by atoms with Crippen molar-refractivity contribution in [1.82, 2.24) is 9.78 Å². The van der Waals surface area contributed by atoms with Crippen LogP contribution >= 0.6 is 0 Å². The Bertz CT molecular complexity index is 918. The highest BCUT2D eigenvalue weighted by Gasteiger charge is 2.00. The average molecular weight is 361 g/mol. The number of carbonyl (C=O) groups is 1. The zero-order chi connectivity index (χ0) is 19.8. The lowest BCUT2D eigenvalue weighted by Gasteiger charge is -2.04. The van der Waals surface area contributed by atoms with Crippen LogP contribution in [0.3, 0.4) is 0 Å². The lowest BCUT2D eigenvalue weighted by atomic mass is 10.0. The summed E-state index contributed by atoms with van der Waals surface area (Å²) in [6, 6.07) is 16.7. The highest BCUT2D eigenvalue weighted by molar-refractivity contribution is 5.94. The van der Waals surface area contributed by atoms with Crippen LogP contribution in [0.2, 0.25) is 0 Å².